The van der Waals surface area contributed by atoms with Gasteiger partial charge in [-0.05, 0) is 82.1 Å². The zero-order valence-corrected chi connectivity index (χ0v) is 20.0. The molecule has 0 spiro atoms. The number of hydrogen-bond donors (Lipinski definition) is 0. The number of aliphatic imine (C=N–C) groups is 1. The fourth-order valence-corrected chi connectivity index (χ4v) is 5.83. The standard InChI is InChI=1S/C19H18I2N2O3S/c1-4-7-26-17-13(20)9-12(10-14(17)21)16-15(18(24)25-5-2)11(3)22-19-23(16)6-8-27-19/h4,6,8-10,16H,1,5,7H2,2-3H3/t16-/m0/s1. The van der Waals surface area contributed by atoms with E-state index in [0.29, 0.717) is 24.5 Å². The number of rotatable bonds is 6. The molecule has 0 saturated carbocycles. The van der Waals surface area contributed by atoms with Crippen molar-refractivity contribution in [1.29, 1.82) is 0 Å². The molecule has 3 rings (SSSR count). The number of benzene rings is 1. The molecule has 27 heavy (non-hydrogen) atoms. The van der Waals surface area contributed by atoms with E-state index < -0.39 is 0 Å². The van der Waals surface area contributed by atoms with Crippen molar-refractivity contribution >= 4 is 68.1 Å². The Morgan fingerprint density at radius 1 is 1.41 bits per heavy atom. The first-order valence-corrected chi connectivity index (χ1v) is 11.3. The van der Waals surface area contributed by atoms with Crippen molar-refractivity contribution in [2.45, 2.75) is 19.9 Å². The average Bonchev–Trinajstić information content (AvgIpc) is 3.07. The molecule has 0 radical (unpaired) electrons. The summed E-state index contributed by atoms with van der Waals surface area (Å²) in [5.41, 5.74) is 2.26. The molecule has 1 aromatic carbocycles. The van der Waals surface area contributed by atoms with Gasteiger partial charge in [-0.15, -0.1) is 0 Å². The Kier molecular flexibility index (Phi) is 6.90. The second kappa shape index (κ2) is 8.99. The predicted octanol–water partition coefficient (Wildman–Crippen LogP) is 5.23. The minimum atomic E-state index is -0.329. The molecule has 0 fully saturated rings. The highest BCUT2D eigenvalue weighted by atomic mass is 127. The monoisotopic (exact) mass is 608 g/mol. The Balaban J connectivity index is 2.09. The summed E-state index contributed by atoms with van der Waals surface area (Å²) in [7, 11) is 0. The van der Waals surface area contributed by atoms with Crippen molar-refractivity contribution in [3.05, 3.63) is 60.4 Å². The van der Waals surface area contributed by atoms with Crippen LogP contribution in [0.2, 0.25) is 0 Å². The zero-order chi connectivity index (χ0) is 19.6. The van der Waals surface area contributed by atoms with Crippen molar-refractivity contribution < 1.29 is 14.3 Å². The molecular weight excluding hydrogens is 590 g/mol. The van der Waals surface area contributed by atoms with Gasteiger partial charge in [-0.3, -0.25) is 0 Å². The summed E-state index contributed by atoms with van der Waals surface area (Å²) in [6.45, 7) is 8.15. The highest BCUT2D eigenvalue weighted by Crippen LogP contribution is 2.43. The van der Waals surface area contributed by atoms with E-state index in [2.05, 4.69) is 68.9 Å². The summed E-state index contributed by atoms with van der Waals surface area (Å²) in [5.74, 6) is 0.499. The van der Waals surface area contributed by atoms with Gasteiger partial charge < -0.3 is 14.4 Å². The minimum absolute atomic E-state index is 0.279. The zero-order valence-electron chi connectivity index (χ0n) is 14.9. The Bertz CT molecular complexity index is 857. The molecule has 0 saturated heterocycles. The molecule has 2 heterocycles. The molecule has 0 unspecified atom stereocenters. The quantitative estimate of drug-likeness (QED) is 0.252. The SMILES string of the molecule is C=CCOc1c(I)cc([C@H]2C(C(=O)OCC)=C(C)N=C3SC=CN32)cc1I. The van der Waals surface area contributed by atoms with E-state index in [1.807, 2.05) is 30.4 Å². The van der Waals surface area contributed by atoms with Crippen LogP contribution in [0.15, 0.2) is 52.7 Å². The summed E-state index contributed by atoms with van der Waals surface area (Å²) in [6.07, 6.45) is 3.68. The van der Waals surface area contributed by atoms with Gasteiger partial charge in [-0.2, -0.15) is 0 Å². The fraction of sp³-hybridized carbons (Fsp3) is 0.263. The Morgan fingerprint density at radius 2 is 2.11 bits per heavy atom. The number of thioether (sulfide) groups is 1. The molecule has 0 N–H and O–H groups in total. The lowest BCUT2D eigenvalue weighted by atomic mass is 9.95. The maximum atomic E-state index is 12.7. The third-order valence-electron chi connectivity index (χ3n) is 4.00. The largest absolute Gasteiger partial charge is 0.487 e. The van der Waals surface area contributed by atoms with Gasteiger partial charge >= 0.3 is 5.97 Å². The maximum Gasteiger partial charge on any atom is 0.338 e. The Hall–Kier alpha value is -1.01. The van der Waals surface area contributed by atoms with Crippen molar-refractivity contribution in [1.82, 2.24) is 4.90 Å². The molecule has 0 aliphatic carbocycles. The van der Waals surface area contributed by atoms with Crippen LogP contribution in [0, 0.1) is 7.14 Å². The van der Waals surface area contributed by atoms with Gasteiger partial charge in [0.2, 0.25) is 0 Å². The van der Waals surface area contributed by atoms with Crippen LogP contribution < -0.4 is 4.74 Å². The Labute approximate surface area is 190 Å². The number of esters is 1. The summed E-state index contributed by atoms with van der Waals surface area (Å²) < 4.78 is 13.1. The molecule has 2 aliphatic heterocycles. The molecule has 5 nitrogen and oxygen atoms in total. The molecule has 0 amide bonds. The van der Waals surface area contributed by atoms with Gasteiger partial charge in [0.15, 0.2) is 5.17 Å². The van der Waals surface area contributed by atoms with E-state index in [9.17, 15) is 4.79 Å². The number of amidine groups is 1. The van der Waals surface area contributed by atoms with Gasteiger partial charge in [0.25, 0.3) is 0 Å². The smallest absolute Gasteiger partial charge is 0.338 e. The van der Waals surface area contributed by atoms with E-state index in [4.69, 9.17) is 9.47 Å². The lowest BCUT2D eigenvalue weighted by molar-refractivity contribution is -0.139. The predicted molar refractivity (Wildman–Crippen MR) is 126 cm³/mol. The summed E-state index contributed by atoms with van der Waals surface area (Å²) in [4.78, 5) is 19.3. The normalized spacial score (nSPS) is 18.3. The van der Waals surface area contributed by atoms with Gasteiger partial charge in [-0.25, -0.2) is 9.79 Å². The summed E-state index contributed by atoms with van der Waals surface area (Å²) in [5, 5.41) is 2.84. The van der Waals surface area contributed by atoms with Crippen LogP contribution in [0.1, 0.15) is 25.5 Å². The lowest BCUT2D eigenvalue weighted by Gasteiger charge is -2.33. The molecule has 0 aromatic heterocycles. The van der Waals surface area contributed by atoms with Gasteiger partial charge in [0, 0.05) is 6.20 Å². The van der Waals surface area contributed by atoms with Crippen molar-refractivity contribution in [3.8, 4) is 5.75 Å². The fourth-order valence-electron chi connectivity index (χ4n) is 2.92. The third kappa shape index (κ3) is 4.21. The van der Waals surface area contributed by atoms with Crippen molar-refractivity contribution in [3.63, 3.8) is 0 Å². The molecule has 2 aliphatic rings. The van der Waals surface area contributed by atoms with Crippen molar-refractivity contribution in [2.75, 3.05) is 13.2 Å². The van der Waals surface area contributed by atoms with Gasteiger partial charge in [0.1, 0.15) is 12.4 Å². The molecule has 0 bridgehead atoms. The Morgan fingerprint density at radius 3 is 2.74 bits per heavy atom. The van der Waals surface area contributed by atoms with E-state index in [1.54, 1.807) is 17.8 Å². The topological polar surface area (TPSA) is 51.1 Å². The number of halogens is 2. The molecule has 142 valence electrons. The van der Waals surface area contributed by atoms with E-state index in [0.717, 1.165) is 23.6 Å². The number of nitrogens with zero attached hydrogens (tertiary/aromatic N) is 2. The number of hydrogen-bond acceptors (Lipinski definition) is 6. The van der Waals surface area contributed by atoms with E-state index >= 15 is 0 Å². The summed E-state index contributed by atoms with van der Waals surface area (Å²) in [6, 6.07) is 3.83. The van der Waals surface area contributed by atoms with Crippen LogP contribution in [0.3, 0.4) is 0 Å². The third-order valence-corrected chi connectivity index (χ3v) is 6.37. The highest BCUT2D eigenvalue weighted by Gasteiger charge is 2.37. The second-order valence-electron chi connectivity index (χ2n) is 5.74. The maximum absolute atomic E-state index is 12.7. The first-order valence-electron chi connectivity index (χ1n) is 8.28. The number of fused-ring (bicyclic) bond motifs is 1. The van der Waals surface area contributed by atoms with Crippen LogP contribution in [-0.2, 0) is 9.53 Å². The molecular formula is C19H18I2N2O3S. The lowest BCUT2D eigenvalue weighted by Crippen LogP contribution is -2.34. The number of carbonyl (C=O) groups excluding carboxylic acids is 1. The molecule has 1 atom stereocenters. The summed E-state index contributed by atoms with van der Waals surface area (Å²) >= 11 is 6.08. The van der Waals surface area contributed by atoms with Crippen molar-refractivity contribution in [2.24, 2.45) is 4.99 Å². The average molecular weight is 608 g/mol. The van der Waals surface area contributed by atoms with Crippen LogP contribution in [-0.4, -0.2) is 29.3 Å². The minimum Gasteiger partial charge on any atom is -0.487 e. The number of carbonyl (C=O) groups is 1. The molecule has 1 aromatic rings. The number of allylic oxidation sites excluding steroid dienone is 1. The van der Waals surface area contributed by atoms with E-state index in [1.165, 1.54) is 0 Å². The van der Waals surface area contributed by atoms with E-state index in [-0.39, 0.29) is 12.0 Å². The first-order chi connectivity index (χ1) is 13.0. The van der Waals surface area contributed by atoms with Crippen LogP contribution in [0.4, 0.5) is 0 Å². The van der Waals surface area contributed by atoms with Gasteiger partial charge in [0.05, 0.1) is 31.1 Å². The van der Waals surface area contributed by atoms with Crippen LogP contribution in [0.25, 0.3) is 0 Å². The molecule has 8 heteroatoms. The first kappa shape index (κ1) is 20.7. The van der Waals surface area contributed by atoms with Gasteiger partial charge in [-0.1, -0.05) is 24.4 Å². The van der Waals surface area contributed by atoms with Crippen LogP contribution >= 0.6 is 56.9 Å². The second-order valence-corrected chi connectivity index (χ2v) is 8.94. The number of ether oxygens (including phenoxy) is 2. The highest BCUT2D eigenvalue weighted by molar-refractivity contribution is 14.1. The van der Waals surface area contributed by atoms with Crippen LogP contribution in [0.5, 0.6) is 5.75 Å².